The molecular formula is C21H18F4N4OS. The van der Waals surface area contributed by atoms with Crippen LogP contribution in [0.25, 0.3) is 10.4 Å². The topological polar surface area (TPSA) is 80.0 Å². The van der Waals surface area contributed by atoms with Crippen LogP contribution in [-0.4, -0.2) is 23.5 Å². The number of alkyl halides is 3. The van der Waals surface area contributed by atoms with Gasteiger partial charge in [0.05, 0.1) is 16.9 Å². The number of rotatable bonds is 6. The summed E-state index contributed by atoms with van der Waals surface area (Å²) in [6.07, 6.45) is -2.21. The van der Waals surface area contributed by atoms with Crippen molar-refractivity contribution < 1.29 is 22.4 Å². The van der Waals surface area contributed by atoms with Gasteiger partial charge in [-0.3, -0.25) is 4.79 Å². The van der Waals surface area contributed by atoms with Crippen LogP contribution in [0.4, 0.5) is 28.4 Å². The van der Waals surface area contributed by atoms with Crippen molar-refractivity contribution >= 4 is 28.1 Å². The molecule has 2 aromatic carbocycles. The van der Waals surface area contributed by atoms with Gasteiger partial charge in [-0.2, -0.15) is 13.2 Å². The van der Waals surface area contributed by atoms with Crippen LogP contribution in [0.1, 0.15) is 16.7 Å². The van der Waals surface area contributed by atoms with E-state index >= 15 is 0 Å². The molecule has 4 rings (SSSR count). The van der Waals surface area contributed by atoms with Crippen molar-refractivity contribution in [3.8, 4) is 10.4 Å². The van der Waals surface area contributed by atoms with Crippen LogP contribution in [0.5, 0.6) is 0 Å². The first-order chi connectivity index (χ1) is 14.7. The Labute approximate surface area is 179 Å². The molecule has 31 heavy (non-hydrogen) atoms. The molecule has 0 bridgehead atoms. The van der Waals surface area contributed by atoms with E-state index in [2.05, 4.69) is 15.6 Å². The number of fused-ring (bicyclic) bond motifs is 1. The molecule has 1 atom stereocenters. The summed E-state index contributed by atoms with van der Waals surface area (Å²) < 4.78 is 52.4. The van der Waals surface area contributed by atoms with Crippen LogP contribution in [0.2, 0.25) is 0 Å². The highest BCUT2D eigenvalue weighted by molar-refractivity contribution is 7.18. The Morgan fingerprint density at radius 3 is 2.68 bits per heavy atom. The van der Waals surface area contributed by atoms with E-state index in [0.717, 1.165) is 17.7 Å². The van der Waals surface area contributed by atoms with Gasteiger partial charge in [0.15, 0.2) is 5.13 Å². The number of carbonyl (C=O) groups is 1. The van der Waals surface area contributed by atoms with E-state index in [1.807, 2.05) is 0 Å². The predicted molar refractivity (Wildman–Crippen MR) is 111 cm³/mol. The summed E-state index contributed by atoms with van der Waals surface area (Å²) in [4.78, 5) is 16.3. The van der Waals surface area contributed by atoms with E-state index in [0.29, 0.717) is 39.8 Å². The predicted octanol–water partition coefficient (Wildman–Crippen LogP) is 4.44. The first kappa shape index (κ1) is 21.3. The van der Waals surface area contributed by atoms with Crippen molar-refractivity contribution in [1.82, 2.24) is 4.98 Å². The molecular weight excluding hydrogens is 432 g/mol. The zero-order valence-electron chi connectivity index (χ0n) is 16.1. The molecule has 0 unspecified atom stereocenters. The fourth-order valence-electron chi connectivity index (χ4n) is 3.34. The number of benzene rings is 2. The van der Waals surface area contributed by atoms with Crippen molar-refractivity contribution in [2.24, 2.45) is 5.73 Å². The van der Waals surface area contributed by atoms with E-state index < -0.39 is 17.6 Å². The molecule has 0 saturated carbocycles. The molecule has 1 aromatic heterocycles. The number of hydrogen-bond acceptors (Lipinski definition) is 5. The SMILES string of the molecule is N[C@H](CNc1ncc(-c2cc3c(cc2F)NC(=O)C3)s1)Cc1ccc(C(F)(F)F)cc1. The molecule has 2 heterocycles. The number of nitrogens with zero attached hydrogens (tertiary/aromatic N) is 1. The fourth-order valence-corrected chi connectivity index (χ4v) is 4.18. The van der Waals surface area contributed by atoms with Gasteiger partial charge in [-0.05, 0) is 41.8 Å². The summed E-state index contributed by atoms with van der Waals surface area (Å²) >= 11 is 1.25. The number of hydrogen-bond donors (Lipinski definition) is 3. The molecule has 0 saturated heterocycles. The fraction of sp³-hybridized carbons (Fsp3) is 0.238. The molecule has 4 N–H and O–H groups in total. The smallest absolute Gasteiger partial charge is 0.360 e. The third-order valence-electron chi connectivity index (χ3n) is 4.88. The average molecular weight is 450 g/mol. The molecule has 0 spiro atoms. The largest absolute Gasteiger partial charge is 0.416 e. The highest BCUT2D eigenvalue weighted by Crippen LogP contribution is 2.35. The average Bonchev–Trinajstić information content (AvgIpc) is 3.30. The lowest BCUT2D eigenvalue weighted by atomic mass is 10.0. The summed E-state index contributed by atoms with van der Waals surface area (Å²) in [5, 5.41) is 6.24. The van der Waals surface area contributed by atoms with Gasteiger partial charge in [0.2, 0.25) is 5.91 Å². The Morgan fingerprint density at radius 2 is 1.97 bits per heavy atom. The van der Waals surface area contributed by atoms with Crippen LogP contribution in [0.3, 0.4) is 0 Å². The minimum atomic E-state index is -4.37. The van der Waals surface area contributed by atoms with Crippen LogP contribution in [-0.2, 0) is 23.8 Å². The Bertz CT molecular complexity index is 1110. The molecule has 162 valence electrons. The number of thiazole rings is 1. The molecule has 3 aromatic rings. The molecule has 5 nitrogen and oxygen atoms in total. The molecule has 1 amide bonds. The molecule has 1 aliphatic heterocycles. The van der Waals surface area contributed by atoms with Gasteiger partial charge in [-0.15, -0.1) is 0 Å². The number of aromatic nitrogens is 1. The number of nitrogens with two attached hydrogens (primary N) is 1. The number of carbonyl (C=O) groups excluding carboxylic acids is 1. The summed E-state index contributed by atoms with van der Waals surface area (Å²) in [6, 6.07) is 7.52. The van der Waals surface area contributed by atoms with Gasteiger partial charge in [0.25, 0.3) is 0 Å². The van der Waals surface area contributed by atoms with Gasteiger partial charge in [0.1, 0.15) is 5.82 Å². The van der Waals surface area contributed by atoms with E-state index in [4.69, 9.17) is 5.73 Å². The van der Waals surface area contributed by atoms with Gasteiger partial charge in [-0.1, -0.05) is 23.5 Å². The Morgan fingerprint density at radius 1 is 1.23 bits per heavy atom. The van der Waals surface area contributed by atoms with Crippen LogP contribution in [0.15, 0.2) is 42.6 Å². The molecule has 0 fully saturated rings. The maximum atomic E-state index is 14.4. The maximum Gasteiger partial charge on any atom is 0.416 e. The summed E-state index contributed by atoms with van der Waals surface area (Å²) in [6.45, 7) is 0.346. The van der Waals surface area contributed by atoms with Crippen LogP contribution in [0, 0.1) is 5.82 Å². The summed E-state index contributed by atoms with van der Waals surface area (Å²) in [5.74, 6) is -0.615. The number of amides is 1. The second-order valence-corrected chi connectivity index (χ2v) is 8.31. The summed E-state index contributed by atoms with van der Waals surface area (Å²) in [5.41, 5.74) is 7.69. The van der Waals surface area contributed by atoms with Crippen molar-refractivity contribution in [3.05, 3.63) is 65.1 Å². The van der Waals surface area contributed by atoms with E-state index in [9.17, 15) is 22.4 Å². The lowest BCUT2D eigenvalue weighted by molar-refractivity contribution is -0.137. The quantitative estimate of drug-likeness (QED) is 0.485. The van der Waals surface area contributed by atoms with Gasteiger partial charge >= 0.3 is 6.18 Å². The van der Waals surface area contributed by atoms with E-state index in [-0.39, 0.29) is 18.4 Å². The lowest BCUT2D eigenvalue weighted by Crippen LogP contribution is -2.31. The highest BCUT2D eigenvalue weighted by atomic mass is 32.1. The van der Waals surface area contributed by atoms with E-state index in [1.165, 1.54) is 29.5 Å². The maximum absolute atomic E-state index is 14.4. The zero-order chi connectivity index (χ0) is 22.2. The monoisotopic (exact) mass is 450 g/mol. The Kier molecular flexibility index (Phi) is 5.67. The molecule has 0 radical (unpaired) electrons. The van der Waals surface area contributed by atoms with E-state index in [1.54, 1.807) is 12.3 Å². The molecule has 1 aliphatic rings. The lowest BCUT2D eigenvalue weighted by Gasteiger charge is -2.13. The Balaban J connectivity index is 1.36. The zero-order valence-corrected chi connectivity index (χ0v) is 16.9. The van der Waals surface area contributed by atoms with Gasteiger partial charge in [-0.25, -0.2) is 9.37 Å². The minimum absolute atomic E-state index is 0.166. The van der Waals surface area contributed by atoms with Crippen LogP contribution >= 0.6 is 11.3 Å². The third-order valence-corrected chi connectivity index (χ3v) is 5.87. The van der Waals surface area contributed by atoms with Crippen molar-refractivity contribution in [1.29, 1.82) is 0 Å². The summed E-state index contributed by atoms with van der Waals surface area (Å²) in [7, 11) is 0. The minimum Gasteiger partial charge on any atom is -0.360 e. The molecule has 10 heteroatoms. The third kappa shape index (κ3) is 4.86. The van der Waals surface area contributed by atoms with Crippen LogP contribution < -0.4 is 16.4 Å². The van der Waals surface area contributed by atoms with Crippen molar-refractivity contribution in [3.63, 3.8) is 0 Å². The number of halogens is 4. The first-order valence-corrected chi connectivity index (χ1v) is 10.2. The van der Waals surface area contributed by atoms with Gasteiger partial charge < -0.3 is 16.4 Å². The number of nitrogens with one attached hydrogen (secondary N) is 2. The first-order valence-electron chi connectivity index (χ1n) is 9.43. The van der Waals surface area contributed by atoms with Crippen molar-refractivity contribution in [2.45, 2.75) is 25.1 Å². The molecule has 0 aliphatic carbocycles. The van der Waals surface area contributed by atoms with Gasteiger partial charge in [0, 0.05) is 30.0 Å². The Hall–Kier alpha value is -2.98. The number of anilines is 2. The standard InChI is InChI=1S/C21H18F4N4OS/c22-16-8-17-12(7-19(30)29-17)6-15(16)18-10-28-20(31-18)27-9-14(26)5-11-1-3-13(4-2-11)21(23,24)25/h1-4,6,8,10,14H,5,7,9,26H2,(H,27,28)(H,29,30)/t14-/m0/s1. The highest BCUT2D eigenvalue weighted by Gasteiger charge is 2.30. The second kappa shape index (κ2) is 8.27. The van der Waals surface area contributed by atoms with Crippen molar-refractivity contribution in [2.75, 3.05) is 17.2 Å². The normalized spacial score (nSPS) is 14.3. The second-order valence-electron chi connectivity index (χ2n) is 7.28.